The fraction of sp³-hybridized carbons (Fsp3) is 0.440. The number of carboxylic acids is 1. The third-order valence-corrected chi connectivity index (χ3v) is 7.67. The Labute approximate surface area is 210 Å². The van der Waals surface area contributed by atoms with E-state index in [1.54, 1.807) is 19.1 Å². The first kappa shape index (κ1) is 25.9. The number of aliphatic carboxylic acids is 1. The molecular weight excluding hydrogens is 488 g/mol. The molecule has 36 heavy (non-hydrogen) atoms. The Kier molecular flexibility index (Phi) is 8.12. The largest absolute Gasteiger partial charge is 0.486 e. The number of aliphatic hydroxyl groups is 1. The molecule has 0 unspecified atom stereocenters. The molecule has 2 N–H and O–H groups in total. The Bertz CT molecular complexity index is 1240. The predicted molar refractivity (Wildman–Crippen MR) is 132 cm³/mol. The van der Waals surface area contributed by atoms with E-state index in [4.69, 9.17) is 24.4 Å². The molecule has 1 atom stereocenters. The second-order valence-corrected chi connectivity index (χ2v) is 10.6. The van der Waals surface area contributed by atoms with E-state index in [0.717, 1.165) is 30.6 Å². The van der Waals surface area contributed by atoms with Crippen molar-refractivity contribution in [3.05, 3.63) is 47.2 Å². The molecule has 0 aliphatic carbocycles. The molecule has 11 heteroatoms. The van der Waals surface area contributed by atoms with Crippen LogP contribution in [0, 0.1) is 6.92 Å². The Balaban J connectivity index is 1.77. The van der Waals surface area contributed by atoms with Crippen molar-refractivity contribution in [3.63, 3.8) is 0 Å². The number of rotatable bonds is 9. The van der Waals surface area contributed by atoms with Crippen LogP contribution in [0.3, 0.4) is 0 Å². The molecule has 0 saturated carbocycles. The van der Waals surface area contributed by atoms with E-state index in [9.17, 15) is 13.2 Å². The van der Waals surface area contributed by atoms with Gasteiger partial charge in [0.05, 0.1) is 25.4 Å². The number of aryl methyl sites for hydroxylation is 1. The molecule has 10 nitrogen and oxygen atoms in total. The molecule has 0 amide bonds. The van der Waals surface area contributed by atoms with E-state index in [1.807, 2.05) is 12.1 Å². The monoisotopic (exact) mass is 518 g/mol. The molecule has 1 fully saturated rings. The highest BCUT2D eigenvalue weighted by molar-refractivity contribution is 7.93. The predicted octanol–water partition coefficient (Wildman–Crippen LogP) is 2.78. The molecule has 0 radical (unpaired) electrons. The maximum atomic E-state index is 14.0. The van der Waals surface area contributed by atoms with Gasteiger partial charge in [-0.1, -0.05) is 12.1 Å². The van der Waals surface area contributed by atoms with Crippen LogP contribution in [-0.2, 0) is 19.6 Å². The highest BCUT2D eigenvalue weighted by Gasteiger charge is 2.37. The van der Waals surface area contributed by atoms with Gasteiger partial charge in [-0.3, -0.25) is 9.10 Å². The summed E-state index contributed by atoms with van der Waals surface area (Å²) in [5.41, 5.74) is 2.90. The lowest BCUT2D eigenvalue weighted by atomic mass is 10.0. The third kappa shape index (κ3) is 5.97. The zero-order valence-corrected chi connectivity index (χ0v) is 20.9. The van der Waals surface area contributed by atoms with Crippen LogP contribution in [0.25, 0.3) is 6.08 Å². The highest BCUT2D eigenvalue weighted by atomic mass is 32.2. The lowest BCUT2D eigenvalue weighted by Crippen LogP contribution is -2.44. The fourth-order valence-corrected chi connectivity index (χ4v) is 5.86. The average Bonchev–Trinajstić information content (AvgIpc) is 2.86. The zero-order chi connectivity index (χ0) is 25.7. The summed E-state index contributed by atoms with van der Waals surface area (Å²) in [5.74, 6) is -0.749. The van der Waals surface area contributed by atoms with Crippen LogP contribution >= 0.6 is 0 Å². The van der Waals surface area contributed by atoms with E-state index in [2.05, 4.69) is 4.98 Å². The van der Waals surface area contributed by atoms with Crippen LogP contribution in [0.15, 0.2) is 40.9 Å². The van der Waals surface area contributed by atoms with E-state index < -0.39 is 22.1 Å². The second kappa shape index (κ2) is 11.3. The number of benzene rings is 1. The zero-order valence-electron chi connectivity index (χ0n) is 20.1. The minimum Gasteiger partial charge on any atom is -0.486 e. The number of nitrogens with zero attached hydrogens (tertiary/aromatic N) is 2. The van der Waals surface area contributed by atoms with Crippen LogP contribution in [0.4, 0.5) is 5.69 Å². The summed E-state index contributed by atoms with van der Waals surface area (Å²) in [5, 5.41) is 18.3. The minimum absolute atomic E-state index is 0.0703. The molecule has 2 aromatic rings. The Morgan fingerprint density at radius 2 is 2.17 bits per heavy atom. The number of hydrogen-bond acceptors (Lipinski definition) is 8. The number of anilines is 1. The topological polar surface area (TPSA) is 135 Å². The van der Waals surface area contributed by atoms with Gasteiger partial charge in [0, 0.05) is 19.2 Å². The maximum Gasteiger partial charge on any atom is 0.303 e. The van der Waals surface area contributed by atoms with E-state index in [1.165, 1.54) is 16.6 Å². The molecule has 194 valence electrons. The summed E-state index contributed by atoms with van der Waals surface area (Å²) in [6, 6.07) is 6.77. The van der Waals surface area contributed by atoms with Gasteiger partial charge in [-0.05, 0) is 61.1 Å². The lowest BCUT2D eigenvalue weighted by Gasteiger charge is -2.35. The normalized spacial score (nSPS) is 19.0. The molecule has 3 heterocycles. The minimum atomic E-state index is -4.19. The maximum absolute atomic E-state index is 14.0. The van der Waals surface area contributed by atoms with Gasteiger partial charge in [0.25, 0.3) is 10.0 Å². The van der Waals surface area contributed by atoms with Gasteiger partial charge >= 0.3 is 5.97 Å². The first-order chi connectivity index (χ1) is 17.3. The molecule has 2 aliphatic heterocycles. The van der Waals surface area contributed by atoms with Crippen LogP contribution in [-0.4, -0.2) is 68.7 Å². The molecule has 1 aromatic heterocycles. The van der Waals surface area contributed by atoms with Gasteiger partial charge in [0.1, 0.15) is 23.4 Å². The van der Waals surface area contributed by atoms with Crippen molar-refractivity contribution in [3.8, 4) is 11.6 Å². The summed E-state index contributed by atoms with van der Waals surface area (Å²) in [7, 11) is -4.19. The van der Waals surface area contributed by atoms with Crippen LogP contribution < -0.4 is 13.8 Å². The number of aliphatic hydroxyl groups excluding tert-OH is 1. The first-order valence-electron chi connectivity index (χ1n) is 11.8. The summed E-state index contributed by atoms with van der Waals surface area (Å²) in [6.45, 7) is 2.51. The Hall–Kier alpha value is -3.15. The number of fused-ring (bicyclic) bond motifs is 1. The van der Waals surface area contributed by atoms with E-state index in [0.29, 0.717) is 23.6 Å². The van der Waals surface area contributed by atoms with Crippen molar-refractivity contribution >= 4 is 27.8 Å². The molecule has 0 bridgehead atoms. The van der Waals surface area contributed by atoms with Crippen molar-refractivity contribution in [1.29, 1.82) is 0 Å². The fourth-order valence-electron chi connectivity index (χ4n) is 4.19. The molecule has 1 aromatic carbocycles. The number of sulfonamides is 1. The van der Waals surface area contributed by atoms with Gasteiger partial charge in [-0.15, -0.1) is 0 Å². The average molecular weight is 519 g/mol. The molecule has 1 saturated heterocycles. The number of hydrogen-bond donors (Lipinski definition) is 2. The van der Waals surface area contributed by atoms with E-state index in [-0.39, 0.29) is 43.4 Å². The SMILES string of the molecule is Cc1cnc(OCCO)c(S(=O)(=O)N2C[C@H](CCC(=O)O)Oc3ccc(/C=C4/CCCOC4)cc32)c1. The smallest absolute Gasteiger partial charge is 0.303 e. The van der Waals surface area contributed by atoms with Gasteiger partial charge in [0.2, 0.25) is 5.88 Å². The Morgan fingerprint density at radius 3 is 2.89 bits per heavy atom. The quantitative estimate of drug-likeness (QED) is 0.514. The van der Waals surface area contributed by atoms with Crippen LogP contribution in [0.5, 0.6) is 11.6 Å². The van der Waals surface area contributed by atoms with Crippen molar-refractivity contribution in [2.75, 3.05) is 37.3 Å². The van der Waals surface area contributed by atoms with Gasteiger partial charge < -0.3 is 24.4 Å². The molecular formula is C25H30N2O8S. The number of carboxylic acid groups (broad SMARTS) is 1. The van der Waals surface area contributed by atoms with Crippen LogP contribution in [0.1, 0.15) is 36.8 Å². The first-order valence-corrected chi connectivity index (χ1v) is 13.2. The number of ether oxygens (including phenoxy) is 3. The van der Waals surface area contributed by atoms with Gasteiger partial charge in [-0.25, -0.2) is 13.4 Å². The van der Waals surface area contributed by atoms with Gasteiger partial charge in [0.15, 0.2) is 0 Å². The summed E-state index contributed by atoms with van der Waals surface area (Å²) in [4.78, 5) is 15.2. The van der Waals surface area contributed by atoms with Crippen molar-refractivity contribution in [2.24, 2.45) is 0 Å². The highest BCUT2D eigenvalue weighted by Crippen LogP contribution is 2.40. The van der Waals surface area contributed by atoms with Crippen LogP contribution in [0.2, 0.25) is 0 Å². The van der Waals surface area contributed by atoms with Crippen molar-refractivity contribution in [1.82, 2.24) is 4.98 Å². The van der Waals surface area contributed by atoms with Crippen molar-refractivity contribution < 1.29 is 37.6 Å². The molecule has 0 spiro atoms. The number of carbonyl (C=O) groups is 1. The summed E-state index contributed by atoms with van der Waals surface area (Å²) in [6.07, 6.45) is 4.66. The summed E-state index contributed by atoms with van der Waals surface area (Å²) < 4.78 is 46.2. The van der Waals surface area contributed by atoms with E-state index >= 15 is 0 Å². The third-order valence-electron chi connectivity index (χ3n) is 5.89. The summed E-state index contributed by atoms with van der Waals surface area (Å²) >= 11 is 0. The molecule has 4 rings (SSSR count). The van der Waals surface area contributed by atoms with Crippen molar-refractivity contribution in [2.45, 2.75) is 43.6 Å². The lowest BCUT2D eigenvalue weighted by molar-refractivity contribution is -0.137. The molecule has 2 aliphatic rings. The second-order valence-electron chi connectivity index (χ2n) is 8.78. The number of pyridine rings is 1. The van der Waals surface area contributed by atoms with Gasteiger partial charge in [-0.2, -0.15) is 0 Å². The standard InChI is InChI=1S/C25H30N2O8S/c1-17-11-23(25(26-14-17)34-10-8-28)36(31,32)27-15-20(5-7-24(29)30)35-22-6-4-18(13-21(22)27)12-19-3-2-9-33-16-19/h4,6,11-14,20,28H,2-3,5,7-10,15-16H2,1H3,(H,29,30)/b19-12-/t20-/m0/s1. The Morgan fingerprint density at radius 1 is 1.33 bits per heavy atom. The number of aromatic nitrogens is 1.